The second-order valence-electron chi connectivity index (χ2n) is 4.32. The average Bonchev–Trinajstić information content (AvgIpc) is 2.38. The molecule has 1 amide bonds. The lowest BCUT2D eigenvalue weighted by atomic mass is 10.2. The largest absolute Gasteiger partial charge is 0.366 e. The van der Waals surface area contributed by atoms with Gasteiger partial charge in [-0.05, 0) is 18.2 Å². The molecule has 4 nitrogen and oxygen atoms in total. The maximum Gasteiger partial charge on any atom is 0.219 e. The van der Waals surface area contributed by atoms with Gasteiger partial charge in [0.2, 0.25) is 5.91 Å². The molecule has 5 heteroatoms. The lowest BCUT2D eigenvalue weighted by Crippen LogP contribution is -2.48. The first kappa shape index (κ1) is 12.5. The first-order chi connectivity index (χ1) is 8.61. The van der Waals surface area contributed by atoms with Crippen LogP contribution < -0.4 is 4.90 Å². The van der Waals surface area contributed by atoms with Gasteiger partial charge >= 0.3 is 0 Å². The highest BCUT2D eigenvalue weighted by atomic mass is 19.1. The van der Waals surface area contributed by atoms with Gasteiger partial charge in [-0.3, -0.25) is 9.59 Å². The number of nitrogens with zero attached hydrogens (tertiary/aromatic N) is 2. The monoisotopic (exact) mass is 250 g/mol. The first-order valence-electron chi connectivity index (χ1n) is 5.87. The van der Waals surface area contributed by atoms with E-state index >= 15 is 0 Å². The molecular weight excluding hydrogens is 235 g/mol. The van der Waals surface area contributed by atoms with Crippen LogP contribution in [0.3, 0.4) is 0 Å². The van der Waals surface area contributed by atoms with E-state index < -0.39 is 5.82 Å². The fourth-order valence-electron chi connectivity index (χ4n) is 2.12. The van der Waals surface area contributed by atoms with Crippen molar-refractivity contribution in [3.8, 4) is 0 Å². The summed E-state index contributed by atoms with van der Waals surface area (Å²) in [5.41, 5.74) is 0.822. The molecule has 0 N–H and O–H groups in total. The second kappa shape index (κ2) is 5.16. The molecule has 1 aliphatic heterocycles. The molecule has 1 aliphatic rings. The van der Waals surface area contributed by atoms with Crippen LogP contribution in [0.4, 0.5) is 10.1 Å². The van der Waals surface area contributed by atoms with Gasteiger partial charge in [0.05, 0.1) is 5.69 Å². The topological polar surface area (TPSA) is 40.6 Å². The van der Waals surface area contributed by atoms with Crippen LogP contribution in [-0.4, -0.2) is 43.3 Å². The molecule has 0 aliphatic carbocycles. The maximum absolute atomic E-state index is 13.8. The highest BCUT2D eigenvalue weighted by Gasteiger charge is 2.20. The van der Waals surface area contributed by atoms with Crippen LogP contribution in [0.5, 0.6) is 0 Å². The second-order valence-corrected chi connectivity index (χ2v) is 4.32. The number of benzene rings is 1. The zero-order valence-corrected chi connectivity index (χ0v) is 10.2. The fourth-order valence-corrected chi connectivity index (χ4v) is 2.12. The number of aldehydes is 1. The standard InChI is InChI=1S/C13H15FN2O2/c1-10(18)15-4-6-16(7-5-15)13-3-2-11(9-17)8-12(13)14/h2-3,8-9H,4-7H2,1H3. The Morgan fingerprint density at radius 2 is 1.94 bits per heavy atom. The van der Waals surface area contributed by atoms with Crippen molar-refractivity contribution in [1.82, 2.24) is 4.90 Å². The van der Waals surface area contributed by atoms with Gasteiger partial charge < -0.3 is 9.80 Å². The van der Waals surface area contributed by atoms with Crippen molar-refractivity contribution in [3.63, 3.8) is 0 Å². The number of piperazine rings is 1. The van der Waals surface area contributed by atoms with Crippen molar-refractivity contribution < 1.29 is 14.0 Å². The van der Waals surface area contributed by atoms with Gasteiger partial charge in [-0.15, -0.1) is 0 Å². The van der Waals surface area contributed by atoms with Gasteiger partial charge in [0.25, 0.3) is 0 Å². The van der Waals surface area contributed by atoms with Crippen LogP contribution in [0.2, 0.25) is 0 Å². The van der Waals surface area contributed by atoms with Gasteiger partial charge in [-0.25, -0.2) is 4.39 Å². The van der Waals surface area contributed by atoms with Gasteiger partial charge in [0.15, 0.2) is 0 Å². The number of amides is 1. The Kier molecular flexibility index (Phi) is 3.60. The molecule has 1 saturated heterocycles. The zero-order chi connectivity index (χ0) is 13.1. The number of hydrogen-bond acceptors (Lipinski definition) is 3. The number of anilines is 1. The van der Waals surface area contributed by atoms with E-state index in [0.717, 1.165) is 0 Å². The molecule has 1 aromatic carbocycles. The number of hydrogen-bond donors (Lipinski definition) is 0. The predicted octanol–water partition coefficient (Wildman–Crippen LogP) is 1.31. The number of carbonyl (C=O) groups excluding carboxylic acids is 2. The lowest BCUT2D eigenvalue weighted by molar-refractivity contribution is -0.129. The van der Waals surface area contributed by atoms with Crippen molar-refractivity contribution in [2.24, 2.45) is 0 Å². The van der Waals surface area contributed by atoms with E-state index in [2.05, 4.69) is 0 Å². The summed E-state index contributed by atoms with van der Waals surface area (Å²) in [4.78, 5) is 25.4. The minimum Gasteiger partial charge on any atom is -0.366 e. The first-order valence-corrected chi connectivity index (χ1v) is 5.87. The van der Waals surface area contributed by atoms with Crippen molar-refractivity contribution in [3.05, 3.63) is 29.6 Å². The van der Waals surface area contributed by atoms with Gasteiger partial charge in [-0.2, -0.15) is 0 Å². The zero-order valence-electron chi connectivity index (χ0n) is 10.2. The van der Waals surface area contributed by atoms with Crippen LogP contribution in [0.15, 0.2) is 18.2 Å². The molecule has 1 heterocycles. The molecule has 1 fully saturated rings. The summed E-state index contributed by atoms with van der Waals surface area (Å²) in [6.45, 7) is 3.96. The Bertz CT molecular complexity index is 468. The normalized spacial score (nSPS) is 15.7. The Labute approximate surface area is 105 Å². The van der Waals surface area contributed by atoms with Gasteiger partial charge in [0.1, 0.15) is 12.1 Å². The number of rotatable bonds is 2. The summed E-state index contributed by atoms with van der Waals surface area (Å²) in [5, 5.41) is 0. The highest BCUT2D eigenvalue weighted by Crippen LogP contribution is 2.21. The van der Waals surface area contributed by atoms with Gasteiger partial charge in [-0.1, -0.05) is 0 Å². The van der Waals surface area contributed by atoms with Crippen LogP contribution >= 0.6 is 0 Å². The van der Waals surface area contributed by atoms with E-state index in [-0.39, 0.29) is 5.91 Å². The van der Waals surface area contributed by atoms with Crippen LogP contribution in [0.25, 0.3) is 0 Å². The van der Waals surface area contributed by atoms with Crippen LogP contribution in [0.1, 0.15) is 17.3 Å². The van der Waals surface area contributed by atoms with E-state index in [0.29, 0.717) is 43.7 Å². The van der Waals surface area contributed by atoms with Crippen LogP contribution in [0, 0.1) is 5.82 Å². The van der Waals surface area contributed by atoms with Crippen molar-refractivity contribution in [1.29, 1.82) is 0 Å². The van der Waals surface area contributed by atoms with Crippen molar-refractivity contribution in [2.45, 2.75) is 6.92 Å². The van der Waals surface area contributed by atoms with E-state index in [1.807, 2.05) is 4.90 Å². The van der Waals surface area contributed by atoms with E-state index in [9.17, 15) is 14.0 Å². The molecule has 96 valence electrons. The minimum atomic E-state index is -0.393. The Morgan fingerprint density at radius 3 is 2.44 bits per heavy atom. The lowest BCUT2D eigenvalue weighted by Gasteiger charge is -2.35. The third kappa shape index (κ3) is 2.50. The SMILES string of the molecule is CC(=O)N1CCN(c2ccc(C=O)cc2F)CC1. The van der Waals surface area contributed by atoms with Gasteiger partial charge in [0, 0.05) is 38.7 Å². The summed E-state index contributed by atoms with van der Waals surface area (Å²) in [7, 11) is 0. The van der Waals surface area contributed by atoms with E-state index in [1.54, 1.807) is 17.0 Å². The fraction of sp³-hybridized carbons (Fsp3) is 0.385. The number of carbonyl (C=O) groups is 2. The minimum absolute atomic E-state index is 0.0476. The summed E-state index contributed by atoms with van der Waals surface area (Å²) < 4.78 is 13.8. The van der Waals surface area contributed by atoms with Crippen LogP contribution in [-0.2, 0) is 4.79 Å². The predicted molar refractivity (Wildman–Crippen MR) is 66.3 cm³/mol. The molecule has 0 bridgehead atoms. The maximum atomic E-state index is 13.8. The molecule has 18 heavy (non-hydrogen) atoms. The molecule has 2 rings (SSSR count). The summed E-state index contributed by atoms with van der Waals surface area (Å²) >= 11 is 0. The molecule has 0 unspecified atom stereocenters. The third-order valence-corrected chi connectivity index (χ3v) is 3.17. The smallest absolute Gasteiger partial charge is 0.219 e. The third-order valence-electron chi connectivity index (χ3n) is 3.17. The van der Waals surface area contributed by atoms with Crippen molar-refractivity contribution in [2.75, 3.05) is 31.1 Å². The Morgan fingerprint density at radius 1 is 1.28 bits per heavy atom. The molecule has 0 atom stereocenters. The summed E-state index contributed by atoms with van der Waals surface area (Å²) in [6, 6.07) is 4.45. The molecule has 0 radical (unpaired) electrons. The Hall–Kier alpha value is -1.91. The van der Waals surface area contributed by atoms with E-state index in [1.165, 1.54) is 13.0 Å². The summed E-state index contributed by atoms with van der Waals surface area (Å²) in [6.07, 6.45) is 0.626. The van der Waals surface area contributed by atoms with Crippen molar-refractivity contribution >= 4 is 17.9 Å². The Balaban J connectivity index is 2.10. The molecule has 0 saturated carbocycles. The quantitative estimate of drug-likeness (QED) is 0.743. The average molecular weight is 250 g/mol. The highest BCUT2D eigenvalue weighted by molar-refractivity contribution is 5.76. The molecule has 0 aromatic heterocycles. The number of halogens is 1. The summed E-state index contributed by atoms with van der Waals surface area (Å²) in [5.74, 6) is -0.345. The molecule has 0 spiro atoms. The van der Waals surface area contributed by atoms with E-state index in [4.69, 9.17) is 0 Å². The molecule has 1 aromatic rings. The molecular formula is C13H15FN2O2.